The van der Waals surface area contributed by atoms with Crippen LogP contribution in [0.2, 0.25) is 0 Å². The number of aryl methyl sites for hydroxylation is 1. The molecule has 0 fully saturated rings. The molecule has 2 rings (SSSR count). The Morgan fingerprint density at radius 1 is 1.39 bits per heavy atom. The number of nitrogens with zero attached hydrogens (tertiary/aromatic N) is 1. The van der Waals surface area contributed by atoms with Crippen molar-refractivity contribution in [2.45, 2.75) is 20.8 Å². The van der Waals surface area contributed by atoms with E-state index in [4.69, 9.17) is 10.5 Å². The minimum Gasteiger partial charge on any atom is -0.497 e. The Labute approximate surface area is 148 Å². The summed E-state index contributed by atoms with van der Waals surface area (Å²) in [5.74, 6) is 0.865. The van der Waals surface area contributed by atoms with Gasteiger partial charge in [-0.05, 0) is 48.0 Å². The fourth-order valence-corrected chi connectivity index (χ4v) is 3.67. The molecular formula is C17H25ClN2O2S. The number of carbonyl (C=O) groups excluding carboxylic acids is 1. The molecule has 23 heavy (non-hydrogen) atoms. The molecule has 1 aromatic carbocycles. The molecule has 1 aromatic heterocycles. The first-order chi connectivity index (χ1) is 10.3. The topological polar surface area (TPSA) is 55.6 Å². The van der Waals surface area contributed by atoms with Crippen molar-refractivity contribution >= 4 is 39.7 Å². The number of hydrogen-bond donors (Lipinski definition) is 1. The van der Waals surface area contributed by atoms with Gasteiger partial charge in [0.15, 0.2) is 0 Å². The molecular weight excluding hydrogens is 332 g/mol. The molecule has 0 aliphatic rings. The van der Waals surface area contributed by atoms with Gasteiger partial charge in [0.1, 0.15) is 5.75 Å². The second-order valence-electron chi connectivity index (χ2n) is 6.45. The third kappa shape index (κ3) is 4.16. The average molecular weight is 357 g/mol. The van der Waals surface area contributed by atoms with E-state index in [2.05, 4.69) is 13.8 Å². The highest BCUT2D eigenvalue weighted by atomic mass is 35.5. The Hall–Kier alpha value is -1.30. The van der Waals surface area contributed by atoms with E-state index < -0.39 is 0 Å². The zero-order chi connectivity index (χ0) is 16.5. The summed E-state index contributed by atoms with van der Waals surface area (Å²) >= 11 is 1.54. The van der Waals surface area contributed by atoms with Gasteiger partial charge < -0.3 is 15.4 Å². The number of carbonyl (C=O) groups is 1. The largest absolute Gasteiger partial charge is 0.497 e. The number of rotatable bonds is 5. The number of hydrogen-bond acceptors (Lipinski definition) is 4. The molecule has 0 aliphatic heterocycles. The molecule has 0 bridgehead atoms. The van der Waals surface area contributed by atoms with Gasteiger partial charge >= 0.3 is 0 Å². The zero-order valence-corrected chi connectivity index (χ0v) is 15.9. The highest BCUT2D eigenvalue weighted by Crippen LogP contribution is 2.34. The van der Waals surface area contributed by atoms with Crippen molar-refractivity contribution in [2.24, 2.45) is 11.1 Å². The second-order valence-corrected chi connectivity index (χ2v) is 7.50. The van der Waals surface area contributed by atoms with Crippen molar-refractivity contribution in [1.29, 1.82) is 0 Å². The van der Waals surface area contributed by atoms with E-state index >= 15 is 0 Å². The summed E-state index contributed by atoms with van der Waals surface area (Å²) in [4.78, 5) is 15.3. The Kier molecular flexibility index (Phi) is 6.45. The summed E-state index contributed by atoms with van der Waals surface area (Å²) in [6.45, 7) is 7.32. The number of benzene rings is 1. The van der Waals surface area contributed by atoms with E-state index in [0.717, 1.165) is 26.3 Å². The SMILES string of the molecule is COc1ccc2sc(C(=O)N(C)CC(C)(C)CN)c(C)c2c1.Cl. The van der Waals surface area contributed by atoms with Crippen molar-refractivity contribution in [3.05, 3.63) is 28.6 Å². The Morgan fingerprint density at radius 3 is 2.61 bits per heavy atom. The van der Waals surface area contributed by atoms with Crippen molar-refractivity contribution < 1.29 is 9.53 Å². The number of thiophene rings is 1. The van der Waals surface area contributed by atoms with Gasteiger partial charge in [0.05, 0.1) is 12.0 Å². The van der Waals surface area contributed by atoms with Crippen LogP contribution >= 0.6 is 23.7 Å². The lowest BCUT2D eigenvalue weighted by Crippen LogP contribution is -2.39. The first kappa shape index (κ1) is 19.7. The fourth-order valence-electron chi connectivity index (χ4n) is 2.48. The lowest BCUT2D eigenvalue weighted by Gasteiger charge is -2.28. The van der Waals surface area contributed by atoms with Crippen LogP contribution in [0.5, 0.6) is 5.75 Å². The molecule has 0 atom stereocenters. The molecule has 0 saturated carbocycles. The summed E-state index contributed by atoms with van der Waals surface area (Å²) in [6.07, 6.45) is 0. The maximum atomic E-state index is 12.7. The van der Waals surface area contributed by atoms with Crippen LogP contribution in [0.15, 0.2) is 18.2 Å². The van der Waals surface area contributed by atoms with Crippen LogP contribution in [0.1, 0.15) is 29.1 Å². The van der Waals surface area contributed by atoms with Gasteiger partial charge in [0, 0.05) is 18.3 Å². The number of methoxy groups -OCH3 is 1. The minimum absolute atomic E-state index is 0. The third-order valence-corrected chi connectivity index (χ3v) is 5.16. The van der Waals surface area contributed by atoms with Crippen molar-refractivity contribution in [2.75, 3.05) is 27.2 Å². The van der Waals surface area contributed by atoms with Crippen LogP contribution in [-0.4, -0.2) is 38.1 Å². The Balaban J connectivity index is 0.00000264. The molecule has 4 nitrogen and oxygen atoms in total. The maximum absolute atomic E-state index is 12.7. The van der Waals surface area contributed by atoms with Gasteiger partial charge in [0.2, 0.25) is 0 Å². The van der Waals surface area contributed by atoms with Gasteiger partial charge in [-0.2, -0.15) is 0 Å². The van der Waals surface area contributed by atoms with Crippen LogP contribution in [0.4, 0.5) is 0 Å². The van der Waals surface area contributed by atoms with Gasteiger partial charge in [0.25, 0.3) is 5.91 Å². The molecule has 0 aliphatic carbocycles. The van der Waals surface area contributed by atoms with Crippen LogP contribution < -0.4 is 10.5 Å². The minimum atomic E-state index is -0.0851. The first-order valence-corrected chi connectivity index (χ1v) is 8.13. The second kappa shape index (κ2) is 7.51. The average Bonchev–Trinajstić information content (AvgIpc) is 2.82. The van der Waals surface area contributed by atoms with Gasteiger partial charge in [-0.1, -0.05) is 13.8 Å². The summed E-state index contributed by atoms with van der Waals surface area (Å²) in [6, 6.07) is 5.92. The molecule has 2 aromatic rings. The maximum Gasteiger partial charge on any atom is 0.263 e. The Morgan fingerprint density at radius 2 is 2.04 bits per heavy atom. The predicted molar refractivity (Wildman–Crippen MR) is 100 cm³/mol. The standard InChI is InChI=1S/C17H24N2O2S.ClH/c1-11-13-8-12(21-5)6-7-14(13)22-15(11)16(20)19(4)10-17(2,3)9-18;/h6-8H,9-10,18H2,1-5H3;1H. The fraction of sp³-hybridized carbons (Fsp3) is 0.471. The van der Waals surface area contributed by atoms with Gasteiger partial charge in [-0.3, -0.25) is 4.79 Å². The van der Waals surface area contributed by atoms with Crippen molar-refractivity contribution in [3.8, 4) is 5.75 Å². The smallest absolute Gasteiger partial charge is 0.263 e. The number of amides is 1. The highest BCUT2D eigenvalue weighted by Gasteiger charge is 2.24. The summed E-state index contributed by atoms with van der Waals surface area (Å²) in [7, 11) is 3.49. The lowest BCUT2D eigenvalue weighted by molar-refractivity contribution is 0.0745. The van der Waals surface area contributed by atoms with Crippen LogP contribution in [0.3, 0.4) is 0 Å². The number of ether oxygens (including phenoxy) is 1. The van der Waals surface area contributed by atoms with E-state index in [0.29, 0.717) is 13.1 Å². The predicted octanol–water partition coefficient (Wildman–Crippen LogP) is 3.70. The lowest BCUT2D eigenvalue weighted by atomic mass is 9.93. The van der Waals surface area contributed by atoms with Crippen LogP contribution in [-0.2, 0) is 0 Å². The molecule has 1 amide bonds. The number of nitrogens with two attached hydrogens (primary N) is 1. The quantitative estimate of drug-likeness (QED) is 0.888. The zero-order valence-electron chi connectivity index (χ0n) is 14.3. The third-order valence-electron chi connectivity index (χ3n) is 3.90. The van der Waals surface area contributed by atoms with E-state index in [-0.39, 0.29) is 23.7 Å². The molecule has 128 valence electrons. The normalized spacial score (nSPS) is 11.2. The van der Waals surface area contributed by atoms with Crippen LogP contribution in [0, 0.1) is 12.3 Å². The molecule has 0 radical (unpaired) electrons. The van der Waals surface area contributed by atoms with E-state index in [1.807, 2.05) is 32.2 Å². The number of fused-ring (bicyclic) bond motifs is 1. The molecule has 2 N–H and O–H groups in total. The molecule has 0 spiro atoms. The Bertz CT molecular complexity index is 697. The summed E-state index contributed by atoms with van der Waals surface area (Å²) < 4.78 is 6.38. The van der Waals surface area contributed by atoms with Gasteiger partial charge in [-0.15, -0.1) is 23.7 Å². The molecule has 0 unspecified atom stereocenters. The van der Waals surface area contributed by atoms with Crippen LogP contribution in [0.25, 0.3) is 10.1 Å². The van der Waals surface area contributed by atoms with E-state index in [9.17, 15) is 4.79 Å². The first-order valence-electron chi connectivity index (χ1n) is 7.32. The highest BCUT2D eigenvalue weighted by molar-refractivity contribution is 7.21. The summed E-state index contributed by atoms with van der Waals surface area (Å²) in [5, 5.41) is 1.08. The van der Waals surface area contributed by atoms with Crippen molar-refractivity contribution in [1.82, 2.24) is 4.90 Å². The van der Waals surface area contributed by atoms with Crippen molar-refractivity contribution in [3.63, 3.8) is 0 Å². The summed E-state index contributed by atoms with van der Waals surface area (Å²) in [5.41, 5.74) is 6.70. The van der Waals surface area contributed by atoms with Gasteiger partial charge in [-0.25, -0.2) is 0 Å². The molecule has 0 saturated heterocycles. The molecule has 1 heterocycles. The number of halogens is 1. The van der Waals surface area contributed by atoms with E-state index in [1.54, 1.807) is 12.0 Å². The van der Waals surface area contributed by atoms with E-state index in [1.165, 1.54) is 11.3 Å². The molecule has 6 heteroatoms. The monoisotopic (exact) mass is 356 g/mol.